The van der Waals surface area contributed by atoms with Gasteiger partial charge >= 0.3 is 5.97 Å². The largest absolute Gasteiger partial charge is 0.465 e. The number of amides is 1. The first kappa shape index (κ1) is 18.7. The minimum Gasteiger partial charge on any atom is -0.465 e. The fourth-order valence-corrected chi connectivity index (χ4v) is 4.67. The van der Waals surface area contributed by atoms with Crippen LogP contribution in [0.5, 0.6) is 0 Å². The number of esters is 1. The zero-order valence-electron chi connectivity index (χ0n) is 15.1. The van der Waals surface area contributed by atoms with E-state index in [4.69, 9.17) is 20.9 Å². The van der Waals surface area contributed by atoms with Crippen LogP contribution in [0.2, 0.25) is 5.02 Å². The molecule has 1 aliphatic carbocycles. The van der Waals surface area contributed by atoms with Gasteiger partial charge in [-0.05, 0) is 55.5 Å². The summed E-state index contributed by atoms with van der Waals surface area (Å²) in [4.78, 5) is 26.1. The summed E-state index contributed by atoms with van der Waals surface area (Å²) in [6, 6.07) is 8.60. The van der Waals surface area contributed by atoms with Gasteiger partial charge in [-0.25, -0.2) is 4.79 Å². The fraction of sp³-hybridized carbons (Fsp3) is 0.250. The van der Waals surface area contributed by atoms with Crippen LogP contribution in [0, 0.1) is 0 Å². The van der Waals surface area contributed by atoms with E-state index >= 15 is 0 Å². The molecule has 1 N–H and O–H groups in total. The number of nitrogens with one attached hydrogen (secondary N) is 1. The molecule has 0 saturated carbocycles. The average molecular weight is 417 g/mol. The number of hydrogen-bond acceptors (Lipinski definition) is 6. The lowest BCUT2D eigenvalue weighted by Crippen LogP contribution is -2.15. The lowest BCUT2D eigenvalue weighted by molar-refractivity contribution is 0.0601. The zero-order valence-corrected chi connectivity index (χ0v) is 16.7. The molecule has 0 fully saturated rings. The van der Waals surface area contributed by atoms with Crippen molar-refractivity contribution in [1.82, 2.24) is 5.16 Å². The Morgan fingerprint density at radius 2 is 1.96 bits per heavy atom. The van der Waals surface area contributed by atoms with Gasteiger partial charge in [-0.2, -0.15) is 0 Å². The van der Waals surface area contributed by atoms with Gasteiger partial charge in [0, 0.05) is 21.5 Å². The lowest BCUT2D eigenvalue weighted by atomic mass is 9.95. The SMILES string of the molecule is COC(=O)c1c(NC(=O)c2cc(-c3ccc(Cl)cc3)on2)sc2c1CCCC2. The van der Waals surface area contributed by atoms with Gasteiger partial charge in [0.05, 0.1) is 12.7 Å². The van der Waals surface area contributed by atoms with Crippen molar-refractivity contribution in [2.45, 2.75) is 25.7 Å². The molecule has 0 saturated heterocycles. The van der Waals surface area contributed by atoms with Crippen molar-refractivity contribution in [3.63, 3.8) is 0 Å². The number of rotatable bonds is 4. The van der Waals surface area contributed by atoms with Gasteiger partial charge in [0.25, 0.3) is 5.91 Å². The summed E-state index contributed by atoms with van der Waals surface area (Å²) in [7, 11) is 1.34. The molecule has 3 aromatic rings. The molecule has 1 aromatic carbocycles. The van der Waals surface area contributed by atoms with Crippen molar-refractivity contribution >= 4 is 39.8 Å². The van der Waals surface area contributed by atoms with E-state index in [1.165, 1.54) is 18.4 Å². The Hall–Kier alpha value is -2.64. The van der Waals surface area contributed by atoms with Gasteiger partial charge in [-0.15, -0.1) is 11.3 Å². The van der Waals surface area contributed by atoms with Gasteiger partial charge in [0.2, 0.25) is 0 Å². The maximum absolute atomic E-state index is 12.7. The van der Waals surface area contributed by atoms with Gasteiger partial charge in [0.15, 0.2) is 11.5 Å². The molecule has 2 aromatic heterocycles. The lowest BCUT2D eigenvalue weighted by Gasteiger charge is -2.11. The van der Waals surface area contributed by atoms with Crippen LogP contribution < -0.4 is 5.32 Å². The van der Waals surface area contributed by atoms with E-state index < -0.39 is 11.9 Å². The Morgan fingerprint density at radius 1 is 1.21 bits per heavy atom. The first-order valence-electron chi connectivity index (χ1n) is 8.83. The number of benzene rings is 1. The third-order valence-electron chi connectivity index (χ3n) is 4.66. The molecule has 2 heterocycles. The van der Waals surface area contributed by atoms with Gasteiger partial charge < -0.3 is 14.6 Å². The summed E-state index contributed by atoms with van der Waals surface area (Å²) in [5, 5.41) is 7.77. The molecule has 0 radical (unpaired) electrons. The van der Waals surface area contributed by atoms with Gasteiger partial charge in [0.1, 0.15) is 5.00 Å². The zero-order chi connectivity index (χ0) is 19.7. The smallest absolute Gasteiger partial charge is 0.341 e. The average Bonchev–Trinajstić information content (AvgIpc) is 3.33. The topological polar surface area (TPSA) is 81.4 Å². The van der Waals surface area contributed by atoms with Crippen LogP contribution in [0.3, 0.4) is 0 Å². The molecule has 0 aliphatic heterocycles. The van der Waals surface area contributed by atoms with Crippen LogP contribution >= 0.6 is 22.9 Å². The standard InChI is InChI=1S/C20H17ClN2O4S/c1-26-20(25)17-13-4-2-3-5-16(13)28-19(17)22-18(24)14-10-15(27-23-14)11-6-8-12(21)9-7-11/h6-10H,2-5H2,1H3,(H,22,24). The summed E-state index contributed by atoms with van der Waals surface area (Å²) in [5.41, 5.74) is 2.34. The second kappa shape index (κ2) is 7.77. The highest BCUT2D eigenvalue weighted by Gasteiger charge is 2.27. The van der Waals surface area contributed by atoms with E-state index in [9.17, 15) is 9.59 Å². The van der Waals surface area contributed by atoms with Crippen LogP contribution in [-0.4, -0.2) is 24.1 Å². The molecule has 0 bridgehead atoms. The van der Waals surface area contributed by atoms with Gasteiger partial charge in [-0.1, -0.05) is 16.8 Å². The Morgan fingerprint density at radius 3 is 2.71 bits per heavy atom. The van der Waals surface area contributed by atoms with Crippen molar-refractivity contribution in [1.29, 1.82) is 0 Å². The minimum absolute atomic E-state index is 0.132. The first-order chi connectivity index (χ1) is 13.6. The van der Waals surface area contributed by atoms with Crippen LogP contribution in [0.4, 0.5) is 5.00 Å². The number of fused-ring (bicyclic) bond motifs is 1. The Labute approximate surface area is 170 Å². The molecule has 1 aliphatic rings. The molecule has 8 heteroatoms. The predicted molar refractivity (Wildman–Crippen MR) is 107 cm³/mol. The number of hydrogen-bond donors (Lipinski definition) is 1. The number of halogens is 1. The van der Waals surface area contributed by atoms with E-state index in [0.717, 1.165) is 41.7 Å². The van der Waals surface area contributed by atoms with E-state index in [0.29, 0.717) is 21.3 Å². The van der Waals surface area contributed by atoms with Crippen molar-refractivity contribution in [2.24, 2.45) is 0 Å². The van der Waals surface area contributed by atoms with Gasteiger partial charge in [-0.3, -0.25) is 4.79 Å². The summed E-state index contributed by atoms with van der Waals surface area (Å²) in [6.07, 6.45) is 3.82. The number of ether oxygens (including phenoxy) is 1. The molecule has 0 unspecified atom stereocenters. The number of aryl methyl sites for hydroxylation is 1. The quantitative estimate of drug-likeness (QED) is 0.607. The summed E-state index contributed by atoms with van der Waals surface area (Å²) < 4.78 is 10.2. The van der Waals surface area contributed by atoms with E-state index in [1.807, 2.05) is 0 Å². The Kier molecular flexibility index (Phi) is 5.19. The Bertz CT molecular complexity index is 1040. The fourth-order valence-electron chi connectivity index (χ4n) is 3.27. The van der Waals surface area contributed by atoms with Crippen LogP contribution in [0.25, 0.3) is 11.3 Å². The third kappa shape index (κ3) is 3.55. The van der Waals surface area contributed by atoms with Crippen LogP contribution in [-0.2, 0) is 17.6 Å². The summed E-state index contributed by atoms with van der Waals surface area (Å²) >= 11 is 7.32. The number of methoxy groups -OCH3 is 1. The Balaban J connectivity index is 1.60. The molecule has 4 rings (SSSR count). The maximum atomic E-state index is 12.7. The van der Waals surface area contributed by atoms with Crippen molar-refractivity contribution in [3.05, 3.63) is 57.1 Å². The highest BCUT2D eigenvalue weighted by Crippen LogP contribution is 2.38. The normalized spacial score (nSPS) is 13.1. The first-order valence-corrected chi connectivity index (χ1v) is 10.0. The molecule has 28 heavy (non-hydrogen) atoms. The molecule has 144 valence electrons. The highest BCUT2D eigenvalue weighted by molar-refractivity contribution is 7.17. The number of thiophene rings is 1. The summed E-state index contributed by atoms with van der Waals surface area (Å²) in [5.74, 6) is -0.412. The van der Waals surface area contributed by atoms with E-state index in [1.54, 1.807) is 30.3 Å². The third-order valence-corrected chi connectivity index (χ3v) is 6.12. The second-order valence-electron chi connectivity index (χ2n) is 6.44. The minimum atomic E-state index is -0.437. The molecule has 0 atom stereocenters. The summed E-state index contributed by atoms with van der Waals surface area (Å²) in [6.45, 7) is 0. The van der Waals surface area contributed by atoms with Crippen molar-refractivity contribution < 1.29 is 18.8 Å². The number of carbonyl (C=O) groups excluding carboxylic acids is 2. The van der Waals surface area contributed by atoms with E-state index in [2.05, 4.69) is 10.5 Å². The van der Waals surface area contributed by atoms with Crippen molar-refractivity contribution in [2.75, 3.05) is 12.4 Å². The number of carbonyl (C=O) groups is 2. The molecular weight excluding hydrogens is 400 g/mol. The highest BCUT2D eigenvalue weighted by atomic mass is 35.5. The monoisotopic (exact) mass is 416 g/mol. The number of nitrogens with zero attached hydrogens (tertiary/aromatic N) is 1. The van der Waals surface area contributed by atoms with Crippen LogP contribution in [0.1, 0.15) is 44.1 Å². The maximum Gasteiger partial charge on any atom is 0.341 e. The van der Waals surface area contributed by atoms with Crippen LogP contribution in [0.15, 0.2) is 34.9 Å². The molecule has 6 nitrogen and oxygen atoms in total. The molecule has 1 amide bonds. The molecule has 0 spiro atoms. The van der Waals surface area contributed by atoms with Crippen molar-refractivity contribution in [3.8, 4) is 11.3 Å². The van der Waals surface area contributed by atoms with E-state index in [-0.39, 0.29) is 5.69 Å². The predicted octanol–water partition coefficient (Wildman–Crippen LogP) is 4.97. The number of anilines is 1. The molecular formula is C20H17ClN2O4S. The second-order valence-corrected chi connectivity index (χ2v) is 7.99. The number of aromatic nitrogens is 1.